The van der Waals surface area contributed by atoms with Gasteiger partial charge in [-0.1, -0.05) is 0 Å². The van der Waals surface area contributed by atoms with Crippen molar-refractivity contribution in [3.63, 3.8) is 0 Å². The molecule has 0 bridgehead atoms. The fraction of sp³-hybridized carbons (Fsp3) is 0.231. The maximum absolute atomic E-state index is 11.2. The number of hydrogen-bond acceptors (Lipinski definition) is 8. The first-order valence-electron chi connectivity index (χ1n) is 6.28. The van der Waals surface area contributed by atoms with Crippen LogP contribution >= 0.6 is 27.3 Å². The van der Waals surface area contributed by atoms with Gasteiger partial charge in [0.15, 0.2) is 11.5 Å². The average Bonchev–Trinajstić information content (AvgIpc) is 2.93. The number of anilines is 1. The van der Waals surface area contributed by atoms with Crippen LogP contribution in [0.3, 0.4) is 0 Å². The Bertz CT molecular complexity index is 763. The lowest BCUT2D eigenvalue weighted by molar-refractivity contribution is -0.385. The number of nitrogens with zero attached hydrogens (tertiary/aromatic N) is 3. The molecular weight excluding hydrogens is 388 g/mol. The third-order valence-corrected chi connectivity index (χ3v) is 4.49. The summed E-state index contributed by atoms with van der Waals surface area (Å²) in [6, 6.07) is 1.29. The minimum Gasteiger partial charge on any atom is -0.493 e. The number of hydrazone groups is 1. The predicted molar refractivity (Wildman–Crippen MR) is 92.0 cm³/mol. The molecule has 2 aromatic rings. The van der Waals surface area contributed by atoms with Crippen LogP contribution in [0.2, 0.25) is 0 Å². The van der Waals surface area contributed by atoms with Crippen molar-refractivity contribution in [3.8, 4) is 11.5 Å². The van der Waals surface area contributed by atoms with E-state index >= 15 is 0 Å². The van der Waals surface area contributed by atoms with Gasteiger partial charge in [-0.25, -0.2) is 4.98 Å². The number of benzene rings is 1. The normalized spacial score (nSPS) is 10.8. The van der Waals surface area contributed by atoms with Gasteiger partial charge in [0.2, 0.25) is 5.13 Å². The van der Waals surface area contributed by atoms with Crippen molar-refractivity contribution in [2.24, 2.45) is 5.10 Å². The molecule has 0 radical (unpaired) electrons. The molecule has 122 valence electrons. The number of methoxy groups -OCH3 is 2. The molecule has 0 spiro atoms. The van der Waals surface area contributed by atoms with Crippen LogP contribution < -0.4 is 14.9 Å². The van der Waals surface area contributed by atoms with Gasteiger partial charge < -0.3 is 9.47 Å². The molecule has 0 aliphatic carbocycles. The fourth-order valence-electron chi connectivity index (χ4n) is 1.79. The summed E-state index contributed by atoms with van der Waals surface area (Å²) in [5.41, 5.74) is 3.89. The van der Waals surface area contributed by atoms with E-state index in [4.69, 9.17) is 9.47 Å². The maximum atomic E-state index is 11.2. The third-order valence-electron chi connectivity index (χ3n) is 2.79. The molecule has 0 atom stereocenters. The van der Waals surface area contributed by atoms with Crippen LogP contribution in [-0.2, 0) is 0 Å². The largest absolute Gasteiger partial charge is 0.493 e. The standard InChI is InChI=1S/C13H13BrN4O4S/c1-7-6-23-13(16-7)17-15-5-8-11(14)9(18(19)20)4-10(21-2)12(8)22-3/h4-6H,1-3H3,(H,16,17). The SMILES string of the molecule is COc1cc([N+](=O)[O-])c(Br)c(C=NNc2nc(C)cs2)c1OC. The lowest BCUT2D eigenvalue weighted by atomic mass is 10.1. The first-order valence-corrected chi connectivity index (χ1v) is 7.95. The van der Waals surface area contributed by atoms with E-state index < -0.39 is 4.92 Å². The highest BCUT2D eigenvalue weighted by atomic mass is 79.9. The second-order valence-corrected chi connectivity index (χ2v) is 5.93. The van der Waals surface area contributed by atoms with E-state index in [0.717, 1.165) is 5.69 Å². The number of nitro groups is 1. The number of halogens is 1. The zero-order valence-electron chi connectivity index (χ0n) is 12.5. The smallest absolute Gasteiger partial charge is 0.288 e. The third kappa shape index (κ3) is 3.77. The quantitative estimate of drug-likeness (QED) is 0.451. The van der Waals surface area contributed by atoms with Gasteiger partial charge >= 0.3 is 0 Å². The molecular formula is C13H13BrN4O4S. The Morgan fingerprint density at radius 1 is 1.48 bits per heavy atom. The molecule has 0 saturated carbocycles. The van der Waals surface area contributed by atoms with Crippen molar-refractivity contribution >= 4 is 44.3 Å². The Hall–Kier alpha value is -2.20. The van der Waals surface area contributed by atoms with Gasteiger partial charge in [-0.15, -0.1) is 11.3 Å². The zero-order valence-corrected chi connectivity index (χ0v) is 14.9. The lowest BCUT2D eigenvalue weighted by Gasteiger charge is -2.12. The van der Waals surface area contributed by atoms with Crippen LogP contribution in [0.5, 0.6) is 11.5 Å². The summed E-state index contributed by atoms with van der Waals surface area (Å²) in [6.45, 7) is 1.87. The van der Waals surface area contributed by atoms with Gasteiger partial charge in [-0.3, -0.25) is 15.5 Å². The van der Waals surface area contributed by atoms with E-state index in [1.165, 1.54) is 37.8 Å². The molecule has 0 unspecified atom stereocenters. The van der Waals surface area contributed by atoms with E-state index in [1.54, 1.807) is 0 Å². The number of hydrogen-bond donors (Lipinski definition) is 1. The van der Waals surface area contributed by atoms with Crippen LogP contribution in [0.1, 0.15) is 11.3 Å². The summed E-state index contributed by atoms with van der Waals surface area (Å²) in [7, 11) is 2.86. The second kappa shape index (κ2) is 7.38. The Morgan fingerprint density at radius 2 is 2.22 bits per heavy atom. The maximum Gasteiger partial charge on any atom is 0.288 e. The Balaban J connectivity index is 2.42. The van der Waals surface area contributed by atoms with Crippen molar-refractivity contribution in [1.29, 1.82) is 0 Å². The Morgan fingerprint density at radius 3 is 2.74 bits per heavy atom. The minimum atomic E-state index is -0.513. The monoisotopic (exact) mass is 400 g/mol. The first kappa shape index (κ1) is 17.2. The topological polar surface area (TPSA) is 98.9 Å². The van der Waals surface area contributed by atoms with Gasteiger partial charge in [0.05, 0.1) is 42.7 Å². The van der Waals surface area contributed by atoms with Crippen LogP contribution in [0.15, 0.2) is 21.0 Å². The molecule has 1 aromatic heterocycles. The molecule has 23 heavy (non-hydrogen) atoms. The van der Waals surface area contributed by atoms with Crippen molar-refractivity contribution in [2.75, 3.05) is 19.6 Å². The molecule has 1 N–H and O–H groups in total. The van der Waals surface area contributed by atoms with Gasteiger partial charge in [-0.2, -0.15) is 5.10 Å². The van der Waals surface area contributed by atoms with Gasteiger partial charge in [0, 0.05) is 5.38 Å². The van der Waals surface area contributed by atoms with Gasteiger partial charge in [-0.05, 0) is 22.9 Å². The summed E-state index contributed by atoms with van der Waals surface area (Å²) in [5, 5.41) is 17.7. The van der Waals surface area contributed by atoms with Crippen LogP contribution in [0.4, 0.5) is 10.8 Å². The number of aromatic nitrogens is 1. The van der Waals surface area contributed by atoms with E-state index in [2.05, 4.69) is 31.4 Å². The van der Waals surface area contributed by atoms with Crippen LogP contribution in [0.25, 0.3) is 0 Å². The highest BCUT2D eigenvalue weighted by molar-refractivity contribution is 9.10. The van der Waals surface area contributed by atoms with E-state index in [9.17, 15) is 10.1 Å². The first-order chi connectivity index (χ1) is 11.0. The minimum absolute atomic E-state index is 0.144. The Labute approximate surface area is 144 Å². The highest BCUT2D eigenvalue weighted by Crippen LogP contribution is 2.41. The lowest BCUT2D eigenvalue weighted by Crippen LogP contribution is -2.01. The van der Waals surface area contributed by atoms with Crippen molar-refractivity contribution in [3.05, 3.63) is 37.3 Å². The van der Waals surface area contributed by atoms with Crippen LogP contribution in [-0.4, -0.2) is 30.3 Å². The summed E-state index contributed by atoms with van der Waals surface area (Å²) in [5.74, 6) is 0.583. The summed E-state index contributed by atoms with van der Waals surface area (Å²) in [4.78, 5) is 14.8. The fourth-order valence-corrected chi connectivity index (χ4v) is 2.97. The molecule has 0 saturated heterocycles. The summed E-state index contributed by atoms with van der Waals surface area (Å²) >= 11 is 4.62. The molecule has 0 aliphatic heterocycles. The molecule has 0 aliphatic rings. The second-order valence-electron chi connectivity index (χ2n) is 4.28. The predicted octanol–water partition coefficient (Wildman–Crippen LogP) is 3.59. The molecule has 1 aromatic carbocycles. The van der Waals surface area contributed by atoms with Crippen molar-refractivity contribution in [2.45, 2.75) is 6.92 Å². The molecule has 0 fully saturated rings. The summed E-state index contributed by atoms with van der Waals surface area (Å²) in [6.07, 6.45) is 1.41. The van der Waals surface area contributed by atoms with Crippen molar-refractivity contribution in [1.82, 2.24) is 4.98 Å². The molecule has 1 heterocycles. The zero-order chi connectivity index (χ0) is 17.0. The number of ether oxygens (including phenoxy) is 2. The Kier molecular flexibility index (Phi) is 5.50. The number of nitrogens with one attached hydrogen (secondary N) is 1. The molecule has 0 amide bonds. The van der Waals surface area contributed by atoms with Gasteiger partial charge in [0.25, 0.3) is 5.69 Å². The summed E-state index contributed by atoms with van der Waals surface area (Å²) < 4.78 is 10.7. The molecule has 10 heteroatoms. The van der Waals surface area contributed by atoms with Crippen LogP contribution in [0, 0.1) is 17.0 Å². The molecule has 2 rings (SSSR count). The number of nitro benzene ring substituents is 1. The van der Waals surface area contributed by atoms with E-state index in [1.807, 2.05) is 12.3 Å². The highest BCUT2D eigenvalue weighted by Gasteiger charge is 2.23. The molecule has 8 nitrogen and oxygen atoms in total. The van der Waals surface area contributed by atoms with Gasteiger partial charge in [0.1, 0.15) is 4.47 Å². The van der Waals surface area contributed by atoms with E-state index in [-0.39, 0.29) is 15.9 Å². The van der Waals surface area contributed by atoms with Crippen molar-refractivity contribution < 1.29 is 14.4 Å². The number of rotatable bonds is 6. The number of aryl methyl sites for hydroxylation is 1. The van der Waals surface area contributed by atoms with E-state index in [0.29, 0.717) is 16.4 Å². The average molecular weight is 401 g/mol. The number of thiazole rings is 1.